The lowest BCUT2D eigenvalue weighted by Crippen LogP contribution is -2.32. The molecule has 0 bridgehead atoms. The minimum Gasteiger partial charge on any atom is -0.497 e. The van der Waals surface area contributed by atoms with Gasteiger partial charge in [-0.3, -0.25) is 0 Å². The quantitative estimate of drug-likeness (QED) is 0.652. The zero-order valence-electron chi connectivity index (χ0n) is 13.0. The molecule has 0 N–H and O–H groups in total. The summed E-state index contributed by atoms with van der Waals surface area (Å²) >= 11 is 0. The molecule has 22 heavy (non-hydrogen) atoms. The smallest absolute Gasteiger partial charge is 0.213 e. The topological polar surface area (TPSA) is 13.1 Å². The molecule has 0 fully saturated rings. The molecular formula is C20H20NO+. The van der Waals surface area contributed by atoms with Gasteiger partial charge in [0.2, 0.25) is 5.52 Å². The van der Waals surface area contributed by atoms with E-state index < -0.39 is 0 Å². The van der Waals surface area contributed by atoms with E-state index in [1.807, 2.05) is 12.1 Å². The first-order valence-corrected chi connectivity index (χ1v) is 7.55. The van der Waals surface area contributed by atoms with E-state index in [0.717, 1.165) is 17.9 Å². The molecule has 110 valence electrons. The van der Waals surface area contributed by atoms with E-state index in [9.17, 15) is 0 Å². The summed E-state index contributed by atoms with van der Waals surface area (Å²) in [5.74, 6) is 0.881. The summed E-state index contributed by atoms with van der Waals surface area (Å²) in [7, 11) is 1.68. The Kier molecular flexibility index (Phi) is 4.19. The third-order valence-corrected chi connectivity index (χ3v) is 3.87. The fourth-order valence-corrected chi connectivity index (χ4v) is 2.63. The van der Waals surface area contributed by atoms with Crippen LogP contribution in [-0.2, 0) is 6.54 Å². The molecule has 0 spiro atoms. The van der Waals surface area contributed by atoms with Crippen molar-refractivity contribution in [1.82, 2.24) is 0 Å². The number of aryl methyl sites for hydroxylation is 1. The van der Waals surface area contributed by atoms with Crippen molar-refractivity contribution in [3.8, 4) is 5.75 Å². The SMILES string of the molecule is CC[n+]1ccc(/C=C/c2ccc(OC)cc2)c2ccccc21. The summed E-state index contributed by atoms with van der Waals surface area (Å²) in [5, 5.41) is 1.27. The van der Waals surface area contributed by atoms with Gasteiger partial charge in [-0.05, 0) is 36.2 Å². The Morgan fingerprint density at radius 2 is 1.73 bits per heavy atom. The maximum atomic E-state index is 5.19. The lowest BCUT2D eigenvalue weighted by atomic mass is 10.1. The van der Waals surface area contributed by atoms with Crippen LogP contribution in [0.1, 0.15) is 18.1 Å². The third-order valence-electron chi connectivity index (χ3n) is 3.87. The van der Waals surface area contributed by atoms with Crippen molar-refractivity contribution in [3.05, 3.63) is 71.9 Å². The van der Waals surface area contributed by atoms with Crippen molar-refractivity contribution in [2.75, 3.05) is 7.11 Å². The number of rotatable bonds is 4. The number of pyridine rings is 1. The molecule has 3 aromatic rings. The Morgan fingerprint density at radius 3 is 2.45 bits per heavy atom. The maximum absolute atomic E-state index is 5.19. The average Bonchev–Trinajstić information content (AvgIpc) is 2.60. The van der Waals surface area contributed by atoms with E-state index in [0.29, 0.717) is 0 Å². The molecule has 0 amide bonds. The molecular weight excluding hydrogens is 270 g/mol. The number of aromatic nitrogens is 1. The standard InChI is InChI=1S/C20H20NO/c1-3-21-15-14-17(19-6-4-5-7-20(19)21)11-8-16-9-12-18(22-2)13-10-16/h4-15H,3H2,1-2H3/q+1/b11-8+. The van der Waals surface area contributed by atoms with Crippen LogP contribution in [0.2, 0.25) is 0 Å². The number of hydrogen-bond donors (Lipinski definition) is 0. The zero-order valence-corrected chi connectivity index (χ0v) is 13.0. The Balaban J connectivity index is 1.98. The minimum atomic E-state index is 0.881. The van der Waals surface area contributed by atoms with Gasteiger partial charge in [0.05, 0.1) is 12.5 Å². The fraction of sp³-hybridized carbons (Fsp3) is 0.150. The average molecular weight is 290 g/mol. The second-order valence-corrected chi connectivity index (χ2v) is 5.18. The maximum Gasteiger partial charge on any atom is 0.213 e. The summed E-state index contributed by atoms with van der Waals surface area (Å²) in [4.78, 5) is 0. The van der Waals surface area contributed by atoms with Crippen LogP contribution in [0.25, 0.3) is 23.1 Å². The number of ether oxygens (including phenoxy) is 1. The minimum absolute atomic E-state index is 0.881. The lowest BCUT2D eigenvalue weighted by Gasteiger charge is -2.03. The van der Waals surface area contributed by atoms with Gasteiger partial charge in [0.25, 0.3) is 0 Å². The van der Waals surface area contributed by atoms with Gasteiger partial charge in [0, 0.05) is 12.1 Å². The van der Waals surface area contributed by atoms with Gasteiger partial charge >= 0.3 is 0 Å². The van der Waals surface area contributed by atoms with Crippen molar-refractivity contribution in [1.29, 1.82) is 0 Å². The van der Waals surface area contributed by atoms with Crippen molar-refractivity contribution in [2.45, 2.75) is 13.5 Å². The monoisotopic (exact) mass is 290 g/mol. The highest BCUT2D eigenvalue weighted by molar-refractivity contribution is 5.88. The largest absolute Gasteiger partial charge is 0.497 e. The van der Waals surface area contributed by atoms with Crippen LogP contribution in [0, 0.1) is 0 Å². The van der Waals surface area contributed by atoms with Crippen LogP contribution in [0.4, 0.5) is 0 Å². The van der Waals surface area contributed by atoms with Crippen molar-refractivity contribution in [2.24, 2.45) is 0 Å². The summed E-state index contributed by atoms with van der Waals surface area (Å²) < 4.78 is 7.45. The normalized spacial score (nSPS) is 11.2. The summed E-state index contributed by atoms with van der Waals surface area (Å²) in [5.41, 5.74) is 3.66. The van der Waals surface area contributed by atoms with Crippen LogP contribution in [0.5, 0.6) is 5.75 Å². The Bertz CT molecular complexity index is 804. The molecule has 0 aliphatic rings. The lowest BCUT2D eigenvalue weighted by molar-refractivity contribution is -0.667. The summed E-state index contributed by atoms with van der Waals surface area (Å²) in [6.07, 6.45) is 6.46. The molecule has 2 nitrogen and oxygen atoms in total. The van der Waals surface area contributed by atoms with Crippen LogP contribution >= 0.6 is 0 Å². The first kappa shape index (κ1) is 14.3. The second-order valence-electron chi connectivity index (χ2n) is 5.18. The van der Waals surface area contributed by atoms with E-state index in [-0.39, 0.29) is 0 Å². The molecule has 0 saturated heterocycles. The van der Waals surface area contributed by atoms with E-state index >= 15 is 0 Å². The highest BCUT2D eigenvalue weighted by Gasteiger charge is 2.08. The van der Waals surface area contributed by atoms with Crippen LogP contribution in [0.15, 0.2) is 60.8 Å². The third kappa shape index (κ3) is 2.86. The first-order chi connectivity index (χ1) is 10.8. The van der Waals surface area contributed by atoms with Crippen LogP contribution < -0.4 is 9.30 Å². The number of para-hydroxylation sites is 1. The predicted molar refractivity (Wildman–Crippen MR) is 91.7 cm³/mol. The fourth-order valence-electron chi connectivity index (χ4n) is 2.63. The summed E-state index contributed by atoms with van der Waals surface area (Å²) in [6, 6.07) is 18.8. The molecule has 1 aromatic heterocycles. The Labute approximate surface area is 131 Å². The molecule has 1 heterocycles. The van der Waals surface area contributed by atoms with Crippen molar-refractivity contribution < 1.29 is 9.30 Å². The number of hydrogen-bond acceptors (Lipinski definition) is 1. The van der Waals surface area contributed by atoms with E-state index in [2.05, 4.69) is 72.3 Å². The van der Waals surface area contributed by atoms with E-state index in [1.54, 1.807) is 7.11 Å². The van der Waals surface area contributed by atoms with Gasteiger partial charge < -0.3 is 4.74 Å². The Morgan fingerprint density at radius 1 is 0.955 bits per heavy atom. The van der Waals surface area contributed by atoms with Gasteiger partial charge in [-0.2, -0.15) is 4.57 Å². The molecule has 0 radical (unpaired) electrons. The van der Waals surface area contributed by atoms with Gasteiger partial charge in [-0.25, -0.2) is 0 Å². The number of benzene rings is 2. The molecule has 0 aliphatic carbocycles. The number of nitrogens with zero attached hydrogens (tertiary/aromatic N) is 1. The van der Waals surface area contributed by atoms with E-state index in [1.165, 1.54) is 16.5 Å². The van der Waals surface area contributed by atoms with E-state index in [4.69, 9.17) is 4.74 Å². The highest BCUT2D eigenvalue weighted by atomic mass is 16.5. The molecule has 3 rings (SSSR count). The first-order valence-electron chi connectivity index (χ1n) is 7.55. The number of fused-ring (bicyclic) bond motifs is 1. The second kappa shape index (κ2) is 6.44. The molecule has 0 aliphatic heterocycles. The van der Waals surface area contributed by atoms with Crippen LogP contribution in [0.3, 0.4) is 0 Å². The molecule has 0 atom stereocenters. The molecule has 2 aromatic carbocycles. The van der Waals surface area contributed by atoms with Gasteiger partial charge in [-0.1, -0.05) is 36.4 Å². The molecule has 2 heteroatoms. The van der Waals surface area contributed by atoms with Crippen molar-refractivity contribution in [3.63, 3.8) is 0 Å². The van der Waals surface area contributed by atoms with Crippen LogP contribution in [-0.4, -0.2) is 7.11 Å². The highest BCUT2D eigenvalue weighted by Crippen LogP contribution is 2.19. The number of methoxy groups -OCH3 is 1. The zero-order chi connectivity index (χ0) is 15.4. The predicted octanol–water partition coefficient (Wildman–Crippen LogP) is 4.33. The van der Waals surface area contributed by atoms with Gasteiger partial charge in [0.15, 0.2) is 6.20 Å². The van der Waals surface area contributed by atoms with Crippen molar-refractivity contribution >= 4 is 23.1 Å². The van der Waals surface area contributed by atoms with Gasteiger partial charge in [0.1, 0.15) is 12.3 Å². The molecule has 0 saturated carbocycles. The summed E-state index contributed by atoms with van der Waals surface area (Å²) in [6.45, 7) is 3.14. The molecule has 0 unspecified atom stereocenters. The Hall–Kier alpha value is -2.61. The van der Waals surface area contributed by atoms with Gasteiger partial charge in [-0.15, -0.1) is 0 Å².